The van der Waals surface area contributed by atoms with E-state index in [1.54, 1.807) is 20.8 Å². The highest BCUT2D eigenvalue weighted by Gasteiger charge is 2.64. The number of aliphatic carboxylic acids is 1. The van der Waals surface area contributed by atoms with Gasteiger partial charge in [0.2, 0.25) is 5.91 Å². The zero-order valence-corrected chi connectivity index (χ0v) is 16.4. The maximum absolute atomic E-state index is 12.9. The number of aryl methyl sites for hydroxylation is 1. The fourth-order valence-corrected chi connectivity index (χ4v) is 5.92. The van der Waals surface area contributed by atoms with Gasteiger partial charge >= 0.3 is 5.97 Å². The van der Waals surface area contributed by atoms with Crippen LogP contribution in [0, 0.1) is 6.92 Å². The van der Waals surface area contributed by atoms with Gasteiger partial charge in [0.05, 0.1) is 4.88 Å². The van der Waals surface area contributed by atoms with E-state index in [0.717, 1.165) is 4.88 Å². The van der Waals surface area contributed by atoms with Gasteiger partial charge in [0.15, 0.2) is 0 Å². The van der Waals surface area contributed by atoms with Crippen molar-refractivity contribution in [3.05, 3.63) is 28.8 Å². The van der Waals surface area contributed by atoms with Gasteiger partial charge < -0.3 is 19.8 Å². The number of thiophene rings is 1. The number of rotatable bonds is 4. The fourth-order valence-electron chi connectivity index (χ4n) is 3.58. The molecule has 2 aromatic heterocycles. The Hall–Kier alpha value is -2.33. The van der Waals surface area contributed by atoms with Crippen molar-refractivity contribution < 1.29 is 24.0 Å². The topological polar surface area (TPSA) is 113 Å². The summed E-state index contributed by atoms with van der Waals surface area (Å²) in [6.07, 6.45) is 0. The number of carbonyl (C=O) groups is 3. The quantitative estimate of drug-likeness (QED) is 0.745. The van der Waals surface area contributed by atoms with Crippen molar-refractivity contribution in [2.75, 3.05) is 0 Å². The van der Waals surface area contributed by atoms with Gasteiger partial charge in [0.1, 0.15) is 34.5 Å². The lowest BCUT2D eigenvalue weighted by atomic mass is 9.96. The highest BCUT2D eigenvalue weighted by Crippen LogP contribution is 2.50. The van der Waals surface area contributed by atoms with Crippen LogP contribution in [0.3, 0.4) is 0 Å². The highest BCUT2D eigenvalue weighted by molar-refractivity contribution is 8.01. The van der Waals surface area contributed by atoms with Gasteiger partial charge in [-0.25, -0.2) is 4.79 Å². The van der Waals surface area contributed by atoms with Crippen molar-refractivity contribution in [2.45, 2.75) is 43.0 Å². The molecule has 2 aliphatic rings. The van der Waals surface area contributed by atoms with Crippen LogP contribution in [-0.4, -0.2) is 55.2 Å². The lowest BCUT2D eigenvalue weighted by molar-refractivity contribution is -0.159. The van der Waals surface area contributed by atoms with E-state index in [0.29, 0.717) is 17.0 Å². The summed E-state index contributed by atoms with van der Waals surface area (Å²) in [7, 11) is 0. The van der Waals surface area contributed by atoms with Crippen LogP contribution in [0.4, 0.5) is 0 Å². The third-order valence-corrected chi connectivity index (χ3v) is 7.25. The summed E-state index contributed by atoms with van der Waals surface area (Å²) in [5, 5.41) is 17.7. The first-order valence-electron chi connectivity index (χ1n) is 8.26. The van der Waals surface area contributed by atoms with E-state index in [1.807, 2.05) is 17.5 Å². The molecular weight excluding hydrogens is 390 g/mol. The molecule has 4 rings (SSSR count). The molecule has 4 heterocycles. The van der Waals surface area contributed by atoms with E-state index < -0.39 is 34.1 Å². The molecule has 0 aliphatic carbocycles. The number of aromatic nitrogens is 1. The summed E-state index contributed by atoms with van der Waals surface area (Å²) in [5.41, 5.74) is 0.729. The number of carbonyl (C=O) groups excluding carboxylic acids is 2. The average molecular weight is 407 g/mol. The molecule has 2 aliphatic heterocycles. The Bertz CT molecular complexity index is 937. The number of carboxylic acid groups (broad SMARTS) is 1. The standard InChI is InChI=1S/C17H17N3O5S2/c1-7-9(10(19-25-7)8-5-4-6-26-8)13(21)18-11-14(22)20-12(16(23)24)17(2,3)27-15(11)20/h4-6,11-12,15H,1-3H3,(H,18,21)(H,23,24)/t11-,12+,15-/m1/s1. The van der Waals surface area contributed by atoms with Crippen LogP contribution < -0.4 is 5.32 Å². The molecule has 0 radical (unpaired) electrons. The molecule has 27 heavy (non-hydrogen) atoms. The molecule has 10 heteroatoms. The number of amides is 2. The Morgan fingerprint density at radius 1 is 1.41 bits per heavy atom. The van der Waals surface area contributed by atoms with Gasteiger partial charge in [0, 0.05) is 4.75 Å². The van der Waals surface area contributed by atoms with Crippen molar-refractivity contribution in [1.29, 1.82) is 0 Å². The van der Waals surface area contributed by atoms with E-state index in [9.17, 15) is 19.5 Å². The number of nitrogens with zero attached hydrogens (tertiary/aromatic N) is 2. The smallest absolute Gasteiger partial charge is 0.327 e. The monoisotopic (exact) mass is 407 g/mol. The average Bonchev–Trinajstić information content (AvgIpc) is 3.28. The minimum atomic E-state index is -1.04. The Balaban J connectivity index is 1.57. The maximum atomic E-state index is 12.9. The Kier molecular flexibility index (Phi) is 4.08. The summed E-state index contributed by atoms with van der Waals surface area (Å²) in [4.78, 5) is 39.1. The maximum Gasteiger partial charge on any atom is 0.327 e. The van der Waals surface area contributed by atoms with Crippen LogP contribution in [0.2, 0.25) is 0 Å². The van der Waals surface area contributed by atoms with Crippen LogP contribution in [0.15, 0.2) is 22.0 Å². The third kappa shape index (κ3) is 2.66. The Labute approximate surface area is 162 Å². The highest BCUT2D eigenvalue weighted by atomic mass is 32.2. The van der Waals surface area contributed by atoms with Crippen LogP contribution in [0.5, 0.6) is 0 Å². The van der Waals surface area contributed by atoms with E-state index >= 15 is 0 Å². The van der Waals surface area contributed by atoms with Crippen LogP contribution in [-0.2, 0) is 9.59 Å². The second-order valence-electron chi connectivity index (χ2n) is 6.99. The molecule has 2 fully saturated rings. The zero-order valence-electron chi connectivity index (χ0n) is 14.8. The predicted octanol–water partition coefficient (Wildman–Crippen LogP) is 1.96. The van der Waals surface area contributed by atoms with Crippen molar-refractivity contribution in [3.63, 3.8) is 0 Å². The van der Waals surface area contributed by atoms with Crippen molar-refractivity contribution in [3.8, 4) is 10.6 Å². The van der Waals surface area contributed by atoms with Crippen molar-refractivity contribution in [2.24, 2.45) is 0 Å². The first-order valence-corrected chi connectivity index (χ1v) is 10.0. The van der Waals surface area contributed by atoms with Crippen molar-refractivity contribution >= 4 is 40.9 Å². The van der Waals surface area contributed by atoms with Gasteiger partial charge in [-0.05, 0) is 32.2 Å². The number of hydrogen-bond acceptors (Lipinski definition) is 7. The molecule has 2 aromatic rings. The SMILES string of the molecule is Cc1onc(-c2cccs2)c1C(=O)N[C@@H]1C(=O)N2[C@@H]1SC(C)(C)[C@@H]2C(=O)O. The van der Waals surface area contributed by atoms with E-state index in [4.69, 9.17) is 4.52 Å². The first-order chi connectivity index (χ1) is 12.7. The number of fused-ring (bicyclic) bond motifs is 1. The molecule has 2 saturated heterocycles. The van der Waals surface area contributed by atoms with Gasteiger partial charge in [-0.3, -0.25) is 9.59 Å². The van der Waals surface area contributed by atoms with Crippen LogP contribution >= 0.6 is 23.1 Å². The largest absolute Gasteiger partial charge is 0.480 e. The molecule has 0 aromatic carbocycles. The second kappa shape index (κ2) is 6.10. The molecule has 3 atom stereocenters. The van der Waals surface area contributed by atoms with Crippen LogP contribution in [0.1, 0.15) is 30.0 Å². The molecule has 142 valence electrons. The summed E-state index contributed by atoms with van der Waals surface area (Å²) in [5.74, 6) is -1.51. The summed E-state index contributed by atoms with van der Waals surface area (Å²) in [6, 6.07) is 2.01. The molecule has 0 saturated carbocycles. The van der Waals surface area contributed by atoms with Crippen LogP contribution in [0.25, 0.3) is 10.6 Å². The van der Waals surface area contributed by atoms with E-state index in [2.05, 4.69) is 10.5 Å². The second-order valence-corrected chi connectivity index (χ2v) is 9.71. The van der Waals surface area contributed by atoms with E-state index in [-0.39, 0.29) is 5.91 Å². The van der Waals surface area contributed by atoms with Gasteiger partial charge in [-0.2, -0.15) is 0 Å². The van der Waals surface area contributed by atoms with Gasteiger partial charge in [-0.1, -0.05) is 11.2 Å². The van der Waals surface area contributed by atoms with E-state index in [1.165, 1.54) is 28.0 Å². The fraction of sp³-hybridized carbons (Fsp3) is 0.412. The molecular formula is C17H17N3O5S2. The normalized spacial score (nSPS) is 25.8. The molecule has 0 unspecified atom stereocenters. The minimum absolute atomic E-state index is 0.292. The number of β-lactam (4-membered cyclic amide) rings is 1. The zero-order chi connectivity index (χ0) is 19.5. The molecule has 2 N–H and O–H groups in total. The number of hydrogen-bond donors (Lipinski definition) is 2. The Morgan fingerprint density at radius 2 is 2.15 bits per heavy atom. The molecule has 0 spiro atoms. The molecule has 2 amide bonds. The number of nitrogens with one attached hydrogen (secondary N) is 1. The van der Waals surface area contributed by atoms with Gasteiger partial charge in [0.25, 0.3) is 5.91 Å². The lowest BCUT2D eigenvalue weighted by Gasteiger charge is -2.43. The third-order valence-electron chi connectivity index (χ3n) is 4.81. The first kappa shape index (κ1) is 18.1. The number of carboxylic acids is 1. The summed E-state index contributed by atoms with van der Waals surface area (Å²) >= 11 is 2.82. The predicted molar refractivity (Wildman–Crippen MR) is 99.5 cm³/mol. The van der Waals surface area contributed by atoms with Gasteiger partial charge in [-0.15, -0.1) is 23.1 Å². The number of thioether (sulfide) groups is 1. The lowest BCUT2D eigenvalue weighted by Crippen LogP contribution is -2.70. The summed E-state index contributed by atoms with van der Waals surface area (Å²) < 4.78 is 4.55. The minimum Gasteiger partial charge on any atom is -0.480 e. The molecule has 0 bridgehead atoms. The summed E-state index contributed by atoms with van der Waals surface area (Å²) in [6.45, 7) is 5.22. The molecule has 8 nitrogen and oxygen atoms in total. The Morgan fingerprint density at radius 3 is 2.78 bits per heavy atom. The van der Waals surface area contributed by atoms with Crippen molar-refractivity contribution in [1.82, 2.24) is 15.4 Å².